The number of piperidine rings is 1. The number of carbonyl (C=O) groups is 1. The van der Waals surface area contributed by atoms with Gasteiger partial charge in [-0.25, -0.2) is 8.42 Å². The van der Waals surface area contributed by atoms with E-state index < -0.39 is 10.0 Å². The maximum Gasteiger partial charge on any atom is 0.255 e. The molecule has 0 spiro atoms. The lowest BCUT2D eigenvalue weighted by Gasteiger charge is -2.34. The van der Waals surface area contributed by atoms with Gasteiger partial charge in [-0.15, -0.1) is 0 Å². The summed E-state index contributed by atoms with van der Waals surface area (Å²) < 4.78 is 28.6. The predicted molar refractivity (Wildman–Crippen MR) is 115 cm³/mol. The third-order valence-electron chi connectivity index (χ3n) is 4.69. The van der Waals surface area contributed by atoms with E-state index in [1.807, 2.05) is 24.3 Å². The van der Waals surface area contributed by atoms with E-state index in [1.54, 1.807) is 22.5 Å². The van der Waals surface area contributed by atoms with Crippen LogP contribution in [0.5, 0.6) is 0 Å². The van der Waals surface area contributed by atoms with Gasteiger partial charge in [0.05, 0.1) is 10.6 Å². The molecule has 7 heteroatoms. The molecule has 2 aromatic carbocycles. The summed E-state index contributed by atoms with van der Waals surface area (Å²) in [6.07, 6.45) is 1.03. The van der Waals surface area contributed by atoms with Gasteiger partial charge < -0.3 is 5.32 Å². The maximum absolute atomic E-state index is 13.1. The number of benzene rings is 2. The van der Waals surface area contributed by atoms with Crippen LogP contribution in [0.2, 0.25) is 0 Å². The van der Waals surface area contributed by atoms with E-state index >= 15 is 0 Å². The van der Waals surface area contributed by atoms with E-state index in [2.05, 4.69) is 41.8 Å². The topological polar surface area (TPSA) is 66.5 Å². The number of nitrogens with zero attached hydrogens (tertiary/aromatic N) is 1. The molecule has 144 valence electrons. The van der Waals surface area contributed by atoms with Crippen LogP contribution in [0.1, 0.15) is 30.6 Å². The first-order valence-electron chi connectivity index (χ1n) is 8.93. The molecule has 0 aromatic heterocycles. The van der Waals surface area contributed by atoms with Gasteiger partial charge in [0.2, 0.25) is 10.0 Å². The highest BCUT2D eigenvalue weighted by Gasteiger charge is 2.31. The van der Waals surface area contributed by atoms with Crippen molar-refractivity contribution in [3.63, 3.8) is 0 Å². The van der Waals surface area contributed by atoms with Gasteiger partial charge in [0, 0.05) is 22.2 Å². The quantitative estimate of drug-likeness (QED) is 0.643. The van der Waals surface area contributed by atoms with Crippen molar-refractivity contribution in [3.05, 3.63) is 57.7 Å². The number of sulfonamides is 1. The van der Waals surface area contributed by atoms with Crippen LogP contribution in [0.15, 0.2) is 53.4 Å². The molecule has 1 aliphatic heterocycles. The smallest absolute Gasteiger partial charge is 0.255 e. The van der Waals surface area contributed by atoms with Crippen LogP contribution in [0.4, 0.5) is 5.69 Å². The largest absolute Gasteiger partial charge is 0.321 e. The number of halogens is 1. The van der Waals surface area contributed by atoms with Gasteiger partial charge in [-0.2, -0.15) is 4.31 Å². The number of anilines is 1. The summed E-state index contributed by atoms with van der Waals surface area (Å²) in [5, 5.41) is 2.84. The fraction of sp³-hybridized carbons (Fsp3) is 0.350. The Morgan fingerprint density at radius 2 is 1.74 bits per heavy atom. The normalized spacial score (nSPS) is 21.0. The summed E-state index contributed by atoms with van der Waals surface area (Å²) in [6, 6.07) is 13.7. The average molecular weight is 498 g/mol. The molecule has 2 aromatic rings. The Balaban J connectivity index is 1.84. The first-order chi connectivity index (χ1) is 12.8. The molecular weight excluding hydrogens is 475 g/mol. The van der Waals surface area contributed by atoms with Crippen molar-refractivity contribution in [2.24, 2.45) is 11.8 Å². The van der Waals surface area contributed by atoms with Gasteiger partial charge in [-0.05, 0) is 71.2 Å². The summed E-state index contributed by atoms with van der Waals surface area (Å²) in [5.74, 6) is 0.335. The average Bonchev–Trinajstić information content (AvgIpc) is 2.63. The molecule has 0 bridgehead atoms. The lowest BCUT2D eigenvalue weighted by molar-refractivity contribution is 0.102. The van der Waals surface area contributed by atoms with Crippen molar-refractivity contribution in [1.29, 1.82) is 0 Å². The Morgan fingerprint density at radius 3 is 2.41 bits per heavy atom. The van der Waals surface area contributed by atoms with Gasteiger partial charge in [0.25, 0.3) is 5.91 Å². The number of hydrogen-bond donors (Lipinski definition) is 1. The molecule has 5 nitrogen and oxygen atoms in total. The molecule has 1 heterocycles. The summed E-state index contributed by atoms with van der Waals surface area (Å²) in [4.78, 5) is 12.8. The van der Waals surface area contributed by atoms with Crippen LogP contribution < -0.4 is 5.32 Å². The molecule has 2 unspecified atom stereocenters. The summed E-state index contributed by atoms with van der Waals surface area (Å²) >= 11 is 2.15. The van der Waals surface area contributed by atoms with Crippen LogP contribution in [-0.2, 0) is 10.0 Å². The molecule has 1 amide bonds. The van der Waals surface area contributed by atoms with E-state index in [0.29, 0.717) is 36.2 Å². The van der Waals surface area contributed by atoms with E-state index in [-0.39, 0.29) is 10.8 Å². The minimum atomic E-state index is -3.61. The zero-order valence-electron chi connectivity index (χ0n) is 15.4. The first-order valence-corrected chi connectivity index (χ1v) is 11.5. The van der Waals surface area contributed by atoms with Gasteiger partial charge >= 0.3 is 0 Å². The Kier molecular flexibility index (Phi) is 6.22. The van der Waals surface area contributed by atoms with Crippen molar-refractivity contribution in [3.8, 4) is 0 Å². The van der Waals surface area contributed by atoms with Crippen LogP contribution in [-0.4, -0.2) is 31.7 Å². The van der Waals surface area contributed by atoms with Crippen molar-refractivity contribution >= 4 is 44.2 Å². The van der Waals surface area contributed by atoms with Crippen LogP contribution in [0, 0.1) is 15.4 Å². The molecule has 2 atom stereocenters. The fourth-order valence-corrected chi connectivity index (χ4v) is 5.75. The molecule has 1 fully saturated rings. The lowest BCUT2D eigenvalue weighted by atomic mass is 9.94. The summed E-state index contributed by atoms with van der Waals surface area (Å²) in [6.45, 7) is 5.18. The third-order valence-corrected chi connectivity index (χ3v) is 7.46. The molecule has 3 rings (SSSR count). The van der Waals surface area contributed by atoms with E-state index in [1.165, 1.54) is 6.07 Å². The standard InChI is InChI=1S/C20H23IN2O3S/c1-14-10-15(2)13-23(12-14)27(25,26)17-7-5-6-16(11-17)20(24)22-19-9-4-3-8-18(19)21/h3-9,11,14-15H,10,12-13H2,1-2H3,(H,22,24). The van der Waals surface area contributed by atoms with E-state index in [4.69, 9.17) is 0 Å². The van der Waals surface area contributed by atoms with Crippen LogP contribution in [0.25, 0.3) is 0 Å². The third kappa shape index (κ3) is 4.70. The highest BCUT2D eigenvalue weighted by atomic mass is 127. The molecule has 1 aliphatic rings. The van der Waals surface area contributed by atoms with Crippen LogP contribution in [0.3, 0.4) is 0 Å². The van der Waals surface area contributed by atoms with Crippen molar-refractivity contribution in [2.75, 3.05) is 18.4 Å². The molecule has 0 saturated carbocycles. The lowest BCUT2D eigenvalue weighted by Crippen LogP contribution is -2.42. The SMILES string of the molecule is CC1CC(C)CN(S(=O)(=O)c2cccc(C(=O)Nc3ccccc3I)c2)C1. The van der Waals surface area contributed by atoms with Gasteiger partial charge in [-0.1, -0.05) is 32.0 Å². The molecular formula is C20H23IN2O3S. The Morgan fingerprint density at radius 1 is 1.07 bits per heavy atom. The monoisotopic (exact) mass is 498 g/mol. The second kappa shape index (κ2) is 8.28. The maximum atomic E-state index is 13.1. The number of para-hydroxylation sites is 1. The highest BCUT2D eigenvalue weighted by Crippen LogP contribution is 2.27. The minimum absolute atomic E-state index is 0.166. The number of rotatable bonds is 4. The number of carbonyl (C=O) groups excluding carboxylic acids is 1. The number of hydrogen-bond acceptors (Lipinski definition) is 3. The zero-order valence-corrected chi connectivity index (χ0v) is 18.3. The molecule has 1 saturated heterocycles. The number of nitrogens with one attached hydrogen (secondary N) is 1. The second-order valence-corrected chi connectivity index (χ2v) is 10.3. The van der Waals surface area contributed by atoms with Gasteiger partial charge in [-0.3, -0.25) is 4.79 Å². The second-order valence-electron chi connectivity index (χ2n) is 7.23. The Hall–Kier alpha value is -1.45. The molecule has 0 aliphatic carbocycles. The highest BCUT2D eigenvalue weighted by molar-refractivity contribution is 14.1. The molecule has 27 heavy (non-hydrogen) atoms. The summed E-state index contributed by atoms with van der Waals surface area (Å²) in [7, 11) is -3.61. The molecule has 1 N–H and O–H groups in total. The Bertz CT molecular complexity index is 936. The first kappa shape index (κ1) is 20.3. The molecule has 0 radical (unpaired) electrons. The number of amides is 1. The van der Waals surface area contributed by atoms with Crippen molar-refractivity contribution < 1.29 is 13.2 Å². The predicted octanol–water partition coefficient (Wildman–Crippen LogP) is 4.21. The van der Waals surface area contributed by atoms with Crippen molar-refractivity contribution in [2.45, 2.75) is 25.2 Å². The van der Waals surface area contributed by atoms with Gasteiger partial charge in [0.15, 0.2) is 0 Å². The zero-order chi connectivity index (χ0) is 19.6. The summed E-state index contributed by atoms with van der Waals surface area (Å²) in [5.41, 5.74) is 1.03. The minimum Gasteiger partial charge on any atom is -0.321 e. The van der Waals surface area contributed by atoms with Crippen LogP contribution >= 0.6 is 22.6 Å². The van der Waals surface area contributed by atoms with Gasteiger partial charge in [0.1, 0.15) is 0 Å². The van der Waals surface area contributed by atoms with E-state index in [0.717, 1.165) is 9.99 Å². The van der Waals surface area contributed by atoms with Crippen molar-refractivity contribution in [1.82, 2.24) is 4.31 Å². The Labute approximate surface area is 174 Å². The fourth-order valence-electron chi connectivity index (χ4n) is 3.51. The van der Waals surface area contributed by atoms with E-state index in [9.17, 15) is 13.2 Å².